The number of hydrogen-bond donors (Lipinski definition) is 0. The summed E-state index contributed by atoms with van der Waals surface area (Å²) in [7, 11) is 0. The number of hydrogen-bond acceptors (Lipinski definition) is 2. The average Bonchev–Trinajstić information content (AvgIpc) is 3.23. The Morgan fingerprint density at radius 2 is 1.15 bits per heavy atom. The molecule has 0 atom stereocenters. The molecule has 0 saturated heterocycles. The molecule has 8 rings (SSSR count). The molecule has 0 N–H and O–H groups in total. The van der Waals surface area contributed by atoms with Crippen molar-refractivity contribution < 1.29 is 0 Å². The fourth-order valence-electron chi connectivity index (χ4n) is 6.71. The van der Waals surface area contributed by atoms with Crippen molar-refractivity contribution in [3.05, 3.63) is 133 Å². The Balaban J connectivity index is 1.36. The van der Waals surface area contributed by atoms with Crippen molar-refractivity contribution in [3.8, 4) is 33.8 Å². The van der Waals surface area contributed by atoms with Crippen molar-refractivity contribution in [2.75, 3.05) is 0 Å². The lowest BCUT2D eigenvalue weighted by atomic mass is 9.78. The molecule has 1 aliphatic rings. The van der Waals surface area contributed by atoms with Crippen LogP contribution in [0.4, 0.5) is 0 Å². The van der Waals surface area contributed by atoms with Gasteiger partial charge in [0.2, 0.25) is 0 Å². The third kappa shape index (κ3) is 3.15. The number of benzene rings is 6. The van der Waals surface area contributed by atoms with Crippen molar-refractivity contribution in [1.29, 1.82) is 0 Å². The van der Waals surface area contributed by atoms with Crippen molar-refractivity contribution >= 4 is 32.3 Å². The van der Waals surface area contributed by atoms with Gasteiger partial charge in [-0.15, -0.1) is 0 Å². The maximum atomic E-state index is 4.95. The molecule has 0 fully saturated rings. The number of rotatable bonds is 2. The van der Waals surface area contributed by atoms with Gasteiger partial charge in [0.25, 0.3) is 0 Å². The van der Waals surface area contributed by atoms with Crippen molar-refractivity contribution in [2.45, 2.75) is 19.3 Å². The van der Waals surface area contributed by atoms with Crippen LogP contribution in [0.1, 0.15) is 25.0 Å². The SMILES string of the molecule is CC1(C)c2cc(-c3nccc(-c4ccccc4)n3)ccc2-c2ccc3c4ccccc4c4ccccc4c3c21. The predicted molar refractivity (Wildman–Crippen MR) is 163 cm³/mol. The van der Waals surface area contributed by atoms with Crippen LogP contribution in [0.5, 0.6) is 0 Å². The summed E-state index contributed by atoms with van der Waals surface area (Å²) in [6.07, 6.45) is 1.86. The number of aromatic nitrogens is 2. The molecule has 0 aliphatic heterocycles. The Bertz CT molecular complexity index is 2050. The topological polar surface area (TPSA) is 25.8 Å². The van der Waals surface area contributed by atoms with Crippen LogP contribution >= 0.6 is 0 Å². The average molecular weight is 499 g/mol. The summed E-state index contributed by atoms with van der Waals surface area (Å²) in [6, 6.07) is 41.4. The van der Waals surface area contributed by atoms with E-state index in [9.17, 15) is 0 Å². The van der Waals surface area contributed by atoms with Gasteiger partial charge in [0.1, 0.15) is 0 Å². The Labute approximate surface area is 227 Å². The van der Waals surface area contributed by atoms with E-state index in [1.807, 2.05) is 30.5 Å². The Kier molecular flexibility index (Phi) is 4.60. The molecule has 0 amide bonds. The van der Waals surface area contributed by atoms with Crippen LogP contribution in [0.2, 0.25) is 0 Å². The van der Waals surface area contributed by atoms with E-state index in [1.54, 1.807) is 0 Å². The van der Waals surface area contributed by atoms with Gasteiger partial charge < -0.3 is 0 Å². The molecule has 6 aromatic carbocycles. The normalized spacial score (nSPS) is 13.6. The zero-order valence-electron chi connectivity index (χ0n) is 21.9. The lowest BCUT2D eigenvalue weighted by molar-refractivity contribution is 0.667. The smallest absolute Gasteiger partial charge is 0.159 e. The van der Waals surface area contributed by atoms with E-state index in [-0.39, 0.29) is 5.41 Å². The first kappa shape index (κ1) is 22.2. The van der Waals surface area contributed by atoms with E-state index in [1.165, 1.54) is 54.6 Å². The summed E-state index contributed by atoms with van der Waals surface area (Å²) in [5.41, 5.74) is 8.27. The molecule has 1 heterocycles. The van der Waals surface area contributed by atoms with E-state index in [2.05, 4.69) is 110 Å². The van der Waals surface area contributed by atoms with Crippen LogP contribution in [0.25, 0.3) is 66.1 Å². The standard InChI is InChI=1S/C37H26N2/c1-37(2)32-22-24(36-38-21-20-33(39-36)23-10-4-3-5-11-23)16-17-28(32)31-19-18-30-27-14-7-6-12-25(27)26-13-8-9-15-29(26)34(30)35(31)37/h3-22H,1-2H3. The molecule has 0 radical (unpaired) electrons. The minimum atomic E-state index is -0.178. The van der Waals surface area contributed by atoms with Crippen LogP contribution in [-0.4, -0.2) is 9.97 Å². The van der Waals surface area contributed by atoms with E-state index in [0.717, 1.165) is 22.6 Å². The van der Waals surface area contributed by atoms with Gasteiger partial charge in [-0.05, 0) is 66.7 Å². The summed E-state index contributed by atoms with van der Waals surface area (Å²) < 4.78 is 0. The molecule has 0 bridgehead atoms. The molecule has 0 spiro atoms. The first-order valence-electron chi connectivity index (χ1n) is 13.5. The maximum Gasteiger partial charge on any atom is 0.159 e. The van der Waals surface area contributed by atoms with Gasteiger partial charge in [-0.1, -0.05) is 117 Å². The largest absolute Gasteiger partial charge is 0.237 e. The van der Waals surface area contributed by atoms with Gasteiger partial charge in [0.15, 0.2) is 5.82 Å². The molecular formula is C37H26N2. The van der Waals surface area contributed by atoms with E-state index in [0.29, 0.717) is 0 Å². The maximum absolute atomic E-state index is 4.95. The number of fused-ring (bicyclic) bond motifs is 10. The highest BCUT2D eigenvalue weighted by Crippen LogP contribution is 2.54. The Morgan fingerprint density at radius 3 is 1.90 bits per heavy atom. The van der Waals surface area contributed by atoms with Crippen molar-refractivity contribution in [3.63, 3.8) is 0 Å². The molecular weight excluding hydrogens is 472 g/mol. The van der Waals surface area contributed by atoms with Gasteiger partial charge in [-0.2, -0.15) is 0 Å². The minimum absolute atomic E-state index is 0.178. The summed E-state index contributed by atoms with van der Waals surface area (Å²) in [5.74, 6) is 0.757. The Hall–Kier alpha value is -4.82. The van der Waals surface area contributed by atoms with Crippen LogP contribution in [0, 0.1) is 0 Å². The van der Waals surface area contributed by atoms with Crippen LogP contribution < -0.4 is 0 Å². The second kappa shape index (κ2) is 8.09. The third-order valence-electron chi connectivity index (χ3n) is 8.50. The summed E-state index contributed by atoms with van der Waals surface area (Å²) >= 11 is 0. The quantitative estimate of drug-likeness (QED) is 0.222. The van der Waals surface area contributed by atoms with E-state index < -0.39 is 0 Å². The summed E-state index contributed by atoms with van der Waals surface area (Å²) in [6.45, 7) is 4.73. The van der Waals surface area contributed by atoms with Gasteiger partial charge >= 0.3 is 0 Å². The molecule has 39 heavy (non-hydrogen) atoms. The van der Waals surface area contributed by atoms with Gasteiger partial charge in [0, 0.05) is 22.7 Å². The minimum Gasteiger partial charge on any atom is -0.237 e. The molecule has 7 aromatic rings. The van der Waals surface area contributed by atoms with Crippen molar-refractivity contribution in [1.82, 2.24) is 9.97 Å². The molecule has 2 heteroatoms. The zero-order chi connectivity index (χ0) is 26.1. The fourth-order valence-corrected chi connectivity index (χ4v) is 6.71. The first-order chi connectivity index (χ1) is 19.1. The molecule has 1 aliphatic carbocycles. The second-order valence-electron chi connectivity index (χ2n) is 11.0. The molecule has 1 aromatic heterocycles. The highest BCUT2D eigenvalue weighted by molar-refractivity contribution is 6.27. The van der Waals surface area contributed by atoms with E-state index >= 15 is 0 Å². The van der Waals surface area contributed by atoms with E-state index in [4.69, 9.17) is 4.98 Å². The molecule has 0 unspecified atom stereocenters. The highest BCUT2D eigenvalue weighted by atomic mass is 14.9. The first-order valence-corrected chi connectivity index (χ1v) is 13.5. The van der Waals surface area contributed by atoms with Gasteiger partial charge in [-0.25, -0.2) is 9.97 Å². The zero-order valence-corrected chi connectivity index (χ0v) is 21.9. The highest BCUT2D eigenvalue weighted by Gasteiger charge is 2.38. The Morgan fingerprint density at radius 1 is 0.538 bits per heavy atom. The van der Waals surface area contributed by atoms with Gasteiger partial charge in [-0.3, -0.25) is 0 Å². The third-order valence-corrected chi connectivity index (χ3v) is 8.50. The number of nitrogens with zero attached hydrogens (tertiary/aromatic N) is 2. The lowest BCUT2D eigenvalue weighted by Crippen LogP contribution is -2.16. The molecule has 184 valence electrons. The van der Waals surface area contributed by atoms with Crippen LogP contribution in [-0.2, 0) is 5.41 Å². The summed E-state index contributed by atoms with van der Waals surface area (Å²) in [5, 5.41) is 7.95. The second-order valence-corrected chi connectivity index (χ2v) is 11.0. The fraction of sp³-hybridized carbons (Fsp3) is 0.0811. The predicted octanol–water partition coefficient (Wildman–Crippen LogP) is 9.58. The van der Waals surface area contributed by atoms with Gasteiger partial charge in [0.05, 0.1) is 5.69 Å². The van der Waals surface area contributed by atoms with Crippen molar-refractivity contribution in [2.24, 2.45) is 0 Å². The van der Waals surface area contributed by atoms with Crippen LogP contribution in [0.3, 0.4) is 0 Å². The molecule has 0 saturated carbocycles. The van der Waals surface area contributed by atoms with Crippen LogP contribution in [0.15, 0.2) is 121 Å². The monoisotopic (exact) mass is 498 g/mol. The summed E-state index contributed by atoms with van der Waals surface area (Å²) in [4.78, 5) is 9.62. The molecule has 2 nitrogen and oxygen atoms in total. The lowest BCUT2D eigenvalue weighted by Gasteiger charge is -2.25.